The molecule has 0 spiro atoms. The monoisotopic (exact) mass is 342 g/mol. The second-order valence-electron chi connectivity index (χ2n) is 6.32. The zero-order valence-electron chi connectivity index (χ0n) is 14.2. The summed E-state index contributed by atoms with van der Waals surface area (Å²) in [5.74, 6) is -0.718. The van der Waals surface area contributed by atoms with Crippen LogP contribution in [-0.2, 0) is 12.6 Å². The highest BCUT2D eigenvalue weighted by Crippen LogP contribution is 2.20. The maximum Gasteiger partial charge on any atom is 0.253 e. The molecule has 130 valence electrons. The first kappa shape index (κ1) is 17.0. The van der Waals surface area contributed by atoms with Crippen LogP contribution in [0.2, 0.25) is 0 Å². The van der Waals surface area contributed by atoms with E-state index in [4.69, 9.17) is 0 Å². The molecule has 6 nitrogen and oxygen atoms in total. The van der Waals surface area contributed by atoms with Gasteiger partial charge in [-0.05, 0) is 32.0 Å². The number of carbonyl (C=O) groups is 1. The molecule has 2 heterocycles. The topological polar surface area (TPSA) is 80.0 Å². The Balaban J connectivity index is 1.80. The van der Waals surface area contributed by atoms with E-state index in [-0.39, 0.29) is 18.3 Å². The van der Waals surface area contributed by atoms with Crippen molar-refractivity contribution >= 4 is 16.8 Å². The molecule has 7 heteroatoms. The van der Waals surface area contributed by atoms with Crippen LogP contribution in [-0.4, -0.2) is 32.3 Å². The van der Waals surface area contributed by atoms with Crippen molar-refractivity contribution in [2.45, 2.75) is 19.4 Å². The quantitative estimate of drug-likeness (QED) is 0.760. The zero-order valence-corrected chi connectivity index (χ0v) is 14.2. The van der Waals surface area contributed by atoms with Gasteiger partial charge in [-0.15, -0.1) is 0 Å². The summed E-state index contributed by atoms with van der Waals surface area (Å²) < 4.78 is 14.9. The molecule has 3 rings (SSSR count). The van der Waals surface area contributed by atoms with Gasteiger partial charge in [0.2, 0.25) is 0 Å². The van der Waals surface area contributed by atoms with Gasteiger partial charge in [0.1, 0.15) is 11.4 Å². The Kier molecular flexibility index (Phi) is 4.26. The maximum absolute atomic E-state index is 13.3. The van der Waals surface area contributed by atoms with Crippen molar-refractivity contribution in [3.8, 4) is 0 Å². The Morgan fingerprint density at radius 3 is 2.84 bits per heavy atom. The highest BCUT2D eigenvalue weighted by molar-refractivity contribution is 5.98. The lowest BCUT2D eigenvalue weighted by molar-refractivity contribution is 0.0525. The number of aliphatic hydroxyl groups is 1. The van der Waals surface area contributed by atoms with Gasteiger partial charge < -0.3 is 10.4 Å². The number of benzene rings is 1. The number of hydrogen-bond acceptors (Lipinski definition) is 4. The standard InChI is InChI=1S/C18H19FN4O2/c1-11-15(6-12-4-5-14(19)7-16(12)22-11)17(24)20-10-18(2,25)13-8-21-23(3)9-13/h4-9,25H,10H2,1-3H3,(H,20,24). The van der Waals surface area contributed by atoms with E-state index in [0.717, 1.165) is 0 Å². The fraction of sp³-hybridized carbons (Fsp3) is 0.278. The average molecular weight is 342 g/mol. The van der Waals surface area contributed by atoms with E-state index >= 15 is 0 Å². The van der Waals surface area contributed by atoms with E-state index in [0.29, 0.717) is 27.7 Å². The lowest BCUT2D eigenvalue weighted by atomic mass is 9.99. The second-order valence-corrected chi connectivity index (χ2v) is 6.32. The number of carbonyl (C=O) groups excluding carboxylic acids is 1. The van der Waals surface area contributed by atoms with Gasteiger partial charge in [0.05, 0.1) is 29.5 Å². The number of nitrogens with one attached hydrogen (secondary N) is 1. The Labute approximate surface area is 144 Å². The highest BCUT2D eigenvalue weighted by atomic mass is 19.1. The number of pyridine rings is 1. The molecule has 0 aliphatic carbocycles. The normalized spacial score (nSPS) is 13.6. The Morgan fingerprint density at radius 1 is 1.40 bits per heavy atom. The van der Waals surface area contributed by atoms with Gasteiger partial charge in [0, 0.05) is 30.3 Å². The van der Waals surface area contributed by atoms with Crippen molar-refractivity contribution < 1.29 is 14.3 Å². The molecule has 3 aromatic rings. The summed E-state index contributed by atoms with van der Waals surface area (Å²) in [5.41, 5.74) is 0.749. The Morgan fingerprint density at radius 2 is 2.16 bits per heavy atom. The van der Waals surface area contributed by atoms with Crippen LogP contribution < -0.4 is 5.32 Å². The van der Waals surface area contributed by atoms with Crippen LogP contribution >= 0.6 is 0 Å². The molecule has 25 heavy (non-hydrogen) atoms. The summed E-state index contributed by atoms with van der Waals surface area (Å²) in [6.07, 6.45) is 3.26. The van der Waals surface area contributed by atoms with E-state index in [1.807, 2.05) is 0 Å². The van der Waals surface area contributed by atoms with Gasteiger partial charge >= 0.3 is 0 Å². The van der Waals surface area contributed by atoms with E-state index in [1.165, 1.54) is 12.1 Å². The molecule has 1 unspecified atom stereocenters. The first-order valence-electron chi connectivity index (χ1n) is 7.83. The highest BCUT2D eigenvalue weighted by Gasteiger charge is 2.26. The van der Waals surface area contributed by atoms with Crippen LogP contribution in [0.25, 0.3) is 10.9 Å². The molecule has 0 aliphatic rings. The first-order valence-corrected chi connectivity index (χ1v) is 7.83. The van der Waals surface area contributed by atoms with Crippen molar-refractivity contribution in [2.24, 2.45) is 7.05 Å². The van der Waals surface area contributed by atoms with Crippen molar-refractivity contribution in [3.05, 3.63) is 59.3 Å². The molecule has 0 aliphatic heterocycles. The minimum Gasteiger partial charge on any atom is -0.383 e. The van der Waals surface area contributed by atoms with Gasteiger partial charge in [-0.2, -0.15) is 5.10 Å². The average Bonchev–Trinajstić information content (AvgIpc) is 2.99. The molecule has 0 radical (unpaired) electrons. The van der Waals surface area contributed by atoms with E-state index in [9.17, 15) is 14.3 Å². The molecule has 1 atom stereocenters. The Bertz CT molecular complexity index is 949. The summed E-state index contributed by atoms with van der Waals surface area (Å²) in [5, 5.41) is 18.0. The second kappa shape index (κ2) is 6.25. The van der Waals surface area contributed by atoms with Crippen molar-refractivity contribution in [1.29, 1.82) is 0 Å². The third kappa shape index (κ3) is 3.51. The molecule has 0 saturated heterocycles. The number of aryl methyl sites for hydroxylation is 2. The van der Waals surface area contributed by atoms with Crippen LogP contribution in [0.5, 0.6) is 0 Å². The molecule has 0 saturated carbocycles. The Hall–Kier alpha value is -2.80. The summed E-state index contributed by atoms with van der Waals surface area (Å²) in [7, 11) is 1.76. The molecule has 0 bridgehead atoms. The fourth-order valence-corrected chi connectivity index (χ4v) is 2.62. The predicted octanol–water partition coefficient (Wildman–Crippen LogP) is 2.05. The summed E-state index contributed by atoms with van der Waals surface area (Å²) in [6, 6.07) is 5.91. The van der Waals surface area contributed by atoms with Gasteiger partial charge in [0.25, 0.3) is 5.91 Å². The first-order chi connectivity index (χ1) is 11.8. The van der Waals surface area contributed by atoms with Gasteiger partial charge in [0.15, 0.2) is 0 Å². The van der Waals surface area contributed by atoms with Crippen LogP contribution in [0.15, 0.2) is 36.7 Å². The maximum atomic E-state index is 13.3. The minimum absolute atomic E-state index is 0.0262. The summed E-state index contributed by atoms with van der Waals surface area (Å²) in [6.45, 7) is 3.33. The van der Waals surface area contributed by atoms with Crippen LogP contribution in [0.4, 0.5) is 4.39 Å². The van der Waals surface area contributed by atoms with Crippen molar-refractivity contribution in [3.63, 3.8) is 0 Å². The molecule has 1 amide bonds. The van der Waals surface area contributed by atoms with Crippen LogP contribution in [0.3, 0.4) is 0 Å². The third-order valence-electron chi connectivity index (χ3n) is 4.13. The predicted molar refractivity (Wildman–Crippen MR) is 91.6 cm³/mol. The lowest BCUT2D eigenvalue weighted by Gasteiger charge is -2.22. The number of rotatable bonds is 4. The minimum atomic E-state index is -1.24. The van der Waals surface area contributed by atoms with E-state index < -0.39 is 5.60 Å². The molecule has 2 N–H and O–H groups in total. The van der Waals surface area contributed by atoms with E-state index in [1.54, 1.807) is 50.1 Å². The number of halogens is 1. The van der Waals surface area contributed by atoms with Gasteiger partial charge in [-0.25, -0.2) is 4.39 Å². The molecular formula is C18H19FN4O2. The third-order valence-corrected chi connectivity index (χ3v) is 4.13. The zero-order chi connectivity index (χ0) is 18.2. The summed E-state index contributed by atoms with van der Waals surface area (Å²) >= 11 is 0. The SMILES string of the molecule is Cc1nc2cc(F)ccc2cc1C(=O)NCC(C)(O)c1cnn(C)c1. The molecule has 2 aromatic heterocycles. The lowest BCUT2D eigenvalue weighted by Crippen LogP contribution is -2.38. The van der Waals surface area contributed by atoms with Gasteiger partial charge in [-0.3, -0.25) is 14.5 Å². The number of hydrogen-bond donors (Lipinski definition) is 2. The van der Waals surface area contributed by atoms with Crippen molar-refractivity contribution in [2.75, 3.05) is 6.54 Å². The summed E-state index contributed by atoms with van der Waals surface area (Å²) in [4.78, 5) is 16.8. The van der Waals surface area contributed by atoms with Crippen LogP contribution in [0.1, 0.15) is 28.5 Å². The molecular weight excluding hydrogens is 323 g/mol. The molecule has 0 fully saturated rings. The largest absolute Gasteiger partial charge is 0.383 e. The fourth-order valence-electron chi connectivity index (χ4n) is 2.62. The smallest absolute Gasteiger partial charge is 0.253 e. The number of aromatic nitrogens is 3. The van der Waals surface area contributed by atoms with Crippen LogP contribution in [0, 0.1) is 12.7 Å². The number of nitrogens with zero attached hydrogens (tertiary/aromatic N) is 3. The number of fused-ring (bicyclic) bond motifs is 1. The van der Waals surface area contributed by atoms with Crippen molar-refractivity contribution in [1.82, 2.24) is 20.1 Å². The number of amides is 1. The molecule has 1 aromatic carbocycles. The van der Waals surface area contributed by atoms with E-state index in [2.05, 4.69) is 15.4 Å². The van der Waals surface area contributed by atoms with Gasteiger partial charge in [-0.1, -0.05) is 0 Å².